The number of halogens is 1. The number of ether oxygens (including phenoxy) is 2. The molecule has 152 valence electrons. The first-order valence-electron chi connectivity index (χ1n) is 9.55. The summed E-state index contributed by atoms with van der Waals surface area (Å²) in [6.45, 7) is 3.41. The van der Waals surface area contributed by atoms with Crippen molar-refractivity contribution in [1.29, 1.82) is 0 Å². The number of carbonyl (C=O) groups is 2. The third-order valence-electron chi connectivity index (χ3n) is 4.99. The summed E-state index contributed by atoms with van der Waals surface area (Å²) in [6, 6.07) is 12.2. The Hall–Kier alpha value is -2.77. The molecule has 0 spiro atoms. The Labute approximate surface area is 174 Å². The molecule has 3 amide bonds. The highest BCUT2D eigenvalue weighted by atomic mass is 35.5. The van der Waals surface area contributed by atoms with Crippen molar-refractivity contribution in [2.45, 2.75) is 6.54 Å². The van der Waals surface area contributed by atoms with Crippen LogP contribution < -0.4 is 10.1 Å². The molecule has 4 rings (SSSR count). The van der Waals surface area contributed by atoms with Gasteiger partial charge in [-0.25, -0.2) is 4.79 Å². The van der Waals surface area contributed by atoms with E-state index in [2.05, 4.69) is 5.32 Å². The zero-order chi connectivity index (χ0) is 20.2. The second kappa shape index (κ2) is 8.71. The lowest BCUT2D eigenvalue weighted by atomic mass is 10.1. The smallest absolute Gasteiger partial charge is 0.322 e. The SMILES string of the molecule is O=C(Nc1ccccc1Cl)N1CCOc2ccc(C(=O)N3CCOCC3)cc2C1. The first kappa shape index (κ1) is 19.5. The number of rotatable bonds is 2. The third kappa shape index (κ3) is 4.46. The van der Waals surface area contributed by atoms with Crippen molar-refractivity contribution in [2.24, 2.45) is 0 Å². The van der Waals surface area contributed by atoms with E-state index in [1.807, 2.05) is 12.1 Å². The van der Waals surface area contributed by atoms with Crippen molar-refractivity contribution in [1.82, 2.24) is 9.80 Å². The van der Waals surface area contributed by atoms with Crippen LogP contribution in [0.5, 0.6) is 5.75 Å². The molecule has 0 saturated carbocycles. The number of hydrogen-bond acceptors (Lipinski definition) is 4. The van der Waals surface area contributed by atoms with E-state index in [-0.39, 0.29) is 11.9 Å². The monoisotopic (exact) mass is 415 g/mol. The molecule has 2 heterocycles. The summed E-state index contributed by atoms with van der Waals surface area (Å²) >= 11 is 6.14. The summed E-state index contributed by atoms with van der Waals surface area (Å²) in [5.41, 5.74) is 1.94. The quantitative estimate of drug-likeness (QED) is 0.817. The number of urea groups is 1. The van der Waals surface area contributed by atoms with Gasteiger partial charge in [0.15, 0.2) is 0 Å². The van der Waals surface area contributed by atoms with Gasteiger partial charge in [-0.15, -0.1) is 0 Å². The molecule has 0 aliphatic carbocycles. The van der Waals surface area contributed by atoms with Gasteiger partial charge < -0.3 is 24.6 Å². The van der Waals surface area contributed by atoms with Crippen LogP contribution in [0.1, 0.15) is 15.9 Å². The molecule has 0 bridgehead atoms. The first-order valence-corrected chi connectivity index (χ1v) is 9.93. The number of amides is 3. The van der Waals surface area contributed by atoms with E-state index in [1.165, 1.54) is 0 Å². The van der Waals surface area contributed by atoms with Crippen molar-refractivity contribution in [3.63, 3.8) is 0 Å². The number of para-hydroxylation sites is 1. The van der Waals surface area contributed by atoms with Crippen LogP contribution in [-0.4, -0.2) is 61.2 Å². The highest BCUT2D eigenvalue weighted by molar-refractivity contribution is 6.33. The maximum absolute atomic E-state index is 12.8. The number of hydrogen-bond donors (Lipinski definition) is 1. The first-order chi connectivity index (χ1) is 14.1. The van der Waals surface area contributed by atoms with Gasteiger partial charge in [0.2, 0.25) is 0 Å². The highest BCUT2D eigenvalue weighted by Gasteiger charge is 2.24. The van der Waals surface area contributed by atoms with Gasteiger partial charge in [-0.05, 0) is 30.3 Å². The minimum absolute atomic E-state index is 0.0348. The Morgan fingerprint density at radius 2 is 1.72 bits per heavy atom. The highest BCUT2D eigenvalue weighted by Crippen LogP contribution is 2.26. The molecule has 2 aliphatic rings. The van der Waals surface area contributed by atoms with Gasteiger partial charge in [0.1, 0.15) is 12.4 Å². The van der Waals surface area contributed by atoms with Crippen molar-refractivity contribution in [3.8, 4) is 5.75 Å². The molecular formula is C21H22ClN3O4. The molecule has 1 fully saturated rings. The van der Waals surface area contributed by atoms with Crippen LogP contribution >= 0.6 is 11.6 Å². The molecule has 2 aromatic rings. The summed E-state index contributed by atoms with van der Waals surface area (Å²) in [5, 5.41) is 3.32. The standard InChI is InChI=1S/C21H22ClN3O4/c22-17-3-1-2-4-18(17)23-21(27)25-9-12-29-19-6-5-15(13-16(19)14-25)20(26)24-7-10-28-11-8-24/h1-6,13H,7-12,14H2,(H,23,27). The molecule has 8 heteroatoms. The second-order valence-corrected chi connectivity index (χ2v) is 7.31. The van der Waals surface area contributed by atoms with Gasteiger partial charge in [-0.1, -0.05) is 23.7 Å². The van der Waals surface area contributed by atoms with E-state index in [4.69, 9.17) is 21.1 Å². The van der Waals surface area contributed by atoms with Gasteiger partial charge in [0, 0.05) is 24.2 Å². The van der Waals surface area contributed by atoms with Gasteiger partial charge in [0.05, 0.1) is 37.0 Å². The minimum atomic E-state index is -0.264. The summed E-state index contributed by atoms with van der Waals surface area (Å²) in [4.78, 5) is 29.0. The lowest BCUT2D eigenvalue weighted by molar-refractivity contribution is 0.0303. The number of morpholine rings is 1. The van der Waals surface area contributed by atoms with Gasteiger partial charge >= 0.3 is 6.03 Å². The van der Waals surface area contributed by atoms with Crippen molar-refractivity contribution >= 4 is 29.2 Å². The Kier molecular flexibility index (Phi) is 5.87. The van der Waals surface area contributed by atoms with Gasteiger partial charge in [-0.2, -0.15) is 0 Å². The molecule has 1 saturated heterocycles. The van der Waals surface area contributed by atoms with Crippen molar-refractivity contribution < 1.29 is 19.1 Å². The average molecular weight is 416 g/mol. The molecule has 7 nitrogen and oxygen atoms in total. The number of nitrogens with one attached hydrogen (secondary N) is 1. The predicted molar refractivity (Wildman–Crippen MR) is 110 cm³/mol. The third-order valence-corrected chi connectivity index (χ3v) is 5.32. The van der Waals surface area contributed by atoms with Gasteiger partial charge in [-0.3, -0.25) is 4.79 Å². The number of fused-ring (bicyclic) bond motifs is 1. The van der Waals surface area contributed by atoms with Gasteiger partial charge in [0.25, 0.3) is 5.91 Å². The maximum Gasteiger partial charge on any atom is 0.322 e. The average Bonchev–Trinajstić information content (AvgIpc) is 2.97. The molecule has 1 N–H and O–H groups in total. The molecule has 2 aromatic carbocycles. The van der Waals surface area contributed by atoms with Crippen LogP contribution in [0.3, 0.4) is 0 Å². The minimum Gasteiger partial charge on any atom is -0.491 e. The second-order valence-electron chi connectivity index (χ2n) is 6.91. The Morgan fingerprint density at radius 1 is 0.966 bits per heavy atom. The summed E-state index contributed by atoms with van der Waals surface area (Å²) in [7, 11) is 0. The fourth-order valence-corrected chi connectivity index (χ4v) is 3.59. The van der Waals surface area contributed by atoms with E-state index in [9.17, 15) is 9.59 Å². The van der Waals surface area contributed by atoms with Crippen LogP contribution in [-0.2, 0) is 11.3 Å². The number of benzene rings is 2. The Morgan fingerprint density at radius 3 is 2.52 bits per heavy atom. The van der Waals surface area contributed by atoms with E-state index < -0.39 is 0 Å². The number of carbonyl (C=O) groups excluding carboxylic acids is 2. The van der Waals surface area contributed by atoms with Crippen molar-refractivity contribution in [2.75, 3.05) is 44.8 Å². The lowest BCUT2D eigenvalue weighted by Crippen LogP contribution is -2.40. The zero-order valence-electron chi connectivity index (χ0n) is 15.9. The van der Waals surface area contributed by atoms with Crippen LogP contribution in [0.4, 0.5) is 10.5 Å². The van der Waals surface area contributed by atoms with E-state index in [0.717, 1.165) is 5.56 Å². The Balaban J connectivity index is 1.50. The van der Waals surface area contributed by atoms with Crippen LogP contribution in [0.15, 0.2) is 42.5 Å². The molecule has 29 heavy (non-hydrogen) atoms. The van der Waals surface area contributed by atoms with E-state index >= 15 is 0 Å². The van der Waals surface area contributed by atoms with Crippen LogP contribution in [0.2, 0.25) is 5.02 Å². The largest absolute Gasteiger partial charge is 0.491 e. The molecule has 0 radical (unpaired) electrons. The zero-order valence-corrected chi connectivity index (χ0v) is 16.7. The fraction of sp³-hybridized carbons (Fsp3) is 0.333. The summed E-state index contributed by atoms with van der Waals surface area (Å²) in [6.07, 6.45) is 0. The molecule has 0 unspecified atom stereocenters. The normalized spacial score (nSPS) is 16.4. The number of anilines is 1. The molecule has 2 aliphatic heterocycles. The molecule has 0 aromatic heterocycles. The van der Waals surface area contributed by atoms with E-state index in [0.29, 0.717) is 68.0 Å². The van der Waals surface area contributed by atoms with Crippen LogP contribution in [0.25, 0.3) is 0 Å². The summed E-state index contributed by atoms with van der Waals surface area (Å²) in [5.74, 6) is 0.656. The predicted octanol–water partition coefficient (Wildman–Crippen LogP) is 3.24. The van der Waals surface area contributed by atoms with E-state index in [1.54, 1.807) is 40.1 Å². The maximum atomic E-state index is 12.8. The number of nitrogens with zero attached hydrogens (tertiary/aromatic N) is 2. The molecular weight excluding hydrogens is 394 g/mol. The topological polar surface area (TPSA) is 71.1 Å². The Bertz CT molecular complexity index is 915. The van der Waals surface area contributed by atoms with Crippen molar-refractivity contribution in [3.05, 3.63) is 58.6 Å². The fourth-order valence-electron chi connectivity index (χ4n) is 3.41. The summed E-state index contributed by atoms with van der Waals surface area (Å²) < 4.78 is 11.1. The van der Waals surface area contributed by atoms with Crippen LogP contribution in [0, 0.1) is 0 Å². The lowest BCUT2D eigenvalue weighted by Gasteiger charge is -2.27. The molecule has 0 atom stereocenters.